The maximum atomic E-state index is 12.9. The number of alkyl halides is 3. The van der Waals surface area contributed by atoms with Gasteiger partial charge in [-0.2, -0.15) is 13.2 Å². The number of hydrogen-bond donors (Lipinski definition) is 0. The lowest BCUT2D eigenvalue weighted by molar-refractivity contribution is -0.140. The van der Waals surface area contributed by atoms with Gasteiger partial charge in [-0.15, -0.1) is 0 Å². The molecule has 0 amide bonds. The summed E-state index contributed by atoms with van der Waals surface area (Å²) in [6.45, 7) is 3.10. The number of hydrogen-bond acceptors (Lipinski definition) is 3. The first-order valence-electron chi connectivity index (χ1n) is 4.95. The molecule has 0 unspecified atom stereocenters. The molecule has 1 aromatic rings. The Morgan fingerprint density at radius 3 is 2.39 bits per heavy atom. The van der Waals surface area contributed by atoms with Gasteiger partial charge in [-0.1, -0.05) is 0 Å². The average Bonchev–Trinajstić information content (AvgIpc) is 2.17. The highest BCUT2D eigenvalue weighted by Crippen LogP contribution is 2.33. The molecule has 0 aromatic heterocycles. The minimum absolute atomic E-state index is 0.400. The number of rotatable bonds is 2. The van der Waals surface area contributed by atoms with Gasteiger partial charge in [0.05, 0.1) is 11.7 Å². The highest BCUT2D eigenvalue weighted by molar-refractivity contribution is 5.64. The van der Waals surface area contributed by atoms with Gasteiger partial charge in [-0.05, 0) is 32.0 Å². The van der Waals surface area contributed by atoms with Crippen LogP contribution in [0.15, 0.2) is 18.2 Å². The van der Waals surface area contributed by atoms with Crippen molar-refractivity contribution in [2.24, 2.45) is 0 Å². The zero-order chi connectivity index (χ0) is 13.9. The van der Waals surface area contributed by atoms with Gasteiger partial charge in [0.2, 0.25) is 0 Å². The summed E-state index contributed by atoms with van der Waals surface area (Å²) < 4.78 is 59.1. The van der Waals surface area contributed by atoms with Crippen molar-refractivity contribution >= 4 is 6.16 Å². The van der Waals surface area contributed by atoms with Crippen molar-refractivity contribution in [2.45, 2.75) is 26.1 Å². The third-order valence-corrected chi connectivity index (χ3v) is 1.78. The summed E-state index contributed by atoms with van der Waals surface area (Å²) in [6.07, 6.45) is -6.48. The van der Waals surface area contributed by atoms with E-state index in [1.165, 1.54) is 0 Å². The van der Waals surface area contributed by atoms with E-state index in [1.807, 2.05) is 0 Å². The number of carbonyl (C=O) groups excluding carboxylic acids is 1. The Labute approximate surface area is 100 Å². The molecule has 0 aliphatic carbocycles. The summed E-state index contributed by atoms with van der Waals surface area (Å²) in [6, 6.07) is 1.88. The fourth-order valence-electron chi connectivity index (χ4n) is 1.10. The van der Waals surface area contributed by atoms with Crippen LogP contribution in [-0.4, -0.2) is 12.3 Å². The Morgan fingerprint density at radius 1 is 1.28 bits per heavy atom. The molecule has 0 saturated carbocycles. The first-order chi connectivity index (χ1) is 8.20. The van der Waals surface area contributed by atoms with E-state index in [4.69, 9.17) is 0 Å². The van der Waals surface area contributed by atoms with Crippen molar-refractivity contribution in [3.05, 3.63) is 29.6 Å². The lowest BCUT2D eigenvalue weighted by atomic mass is 10.2. The van der Waals surface area contributed by atoms with E-state index in [0.29, 0.717) is 12.1 Å². The van der Waals surface area contributed by atoms with Gasteiger partial charge in [-0.3, -0.25) is 0 Å². The van der Waals surface area contributed by atoms with Crippen LogP contribution in [0.2, 0.25) is 0 Å². The van der Waals surface area contributed by atoms with Crippen LogP contribution in [0.4, 0.5) is 22.4 Å². The van der Waals surface area contributed by atoms with Gasteiger partial charge in [0.1, 0.15) is 11.6 Å². The molecule has 0 radical (unpaired) electrons. The molecule has 18 heavy (non-hydrogen) atoms. The molecule has 0 aliphatic heterocycles. The molecular weight excluding hydrogens is 256 g/mol. The molecule has 0 saturated heterocycles. The van der Waals surface area contributed by atoms with E-state index >= 15 is 0 Å². The van der Waals surface area contributed by atoms with Crippen LogP contribution in [0.1, 0.15) is 19.4 Å². The maximum Gasteiger partial charge on any atom is 0.514 e. The molecule has 1 rings (SSSR count). The zero-order valence-electron chi connectivity index (χ0n) is 9.55. The third kappa shape index (κ3) is 3.90. The van der Waals surface area contributed by atoms with Crippen molar-refractivity contribution in [3.63, 3.8) is 0 Å². The Bertz CT molecular complexity index is 440. The van der Waals surface area contributed by atoms with Crippen LogP contribution in [0, 0.1) is 5.82 Å². The predicted octanol–water partition coefficient (Wildman–Crippen LogP) is 3.77. The first kappa shape index (κ1) is 14.3. The fourth-order valence-corrected chi connectivity index (χ4v) is 1.10. The van der Waals surface area contributed by atoms with Crippen LogP contribution in [0.5, 0.6) is 5.75 Å². The van der Waals surface area contributed by atoms with Crippen molar-refractivity contribution in [3.8, 4) is 5.75 Å². The van der Waals surface area contributed by atoms with Crippen molar-refractivity contribution in [1.82, 2.24) is 0 Å². The molecule has 1 aromatic carbocycles. The zero-order valence-corrected chi connectivity index (χ0v) is 9.55. The number of benzene rings is 1. The molecule has 0 fully saturated rings. The summed E-state index contributed by atoms with van der Waals surface area (Å²) in [5, 5.41) is 0. The smallest absolute Gasteiger partial charge is 0.431 e. The predicted molar refractivity (Wildman–Crippen MR) is 53.6 cm³/mol. The minimum atomic E-state index is -4.86. The van der Waals surface area contributed by atoms with E-state index in [1.54, 1.807) is 13.8 Å². The van der Waals surface area contributed by atoms with Gasteiger partial charge in [0.15, 0.2) is 0 Å². The molecule has 0 N–H and O–H groups in total. The lowest BCUT2D eigenvalue weighted by Gasteiger charge is -2.11. The van der Waals surface area contributed by atoms with Gasteiger partial charge in [-0.25, -0.2) is 9.18 Å². The Hall–Kier alpha value is -1.79. The maximum absolute atomic E-state index is 12.9. The highest BCUT2D eigenvalue weighted by Gasteiger charge is 2.34. The second kappa shape index (κ2) is 5.24. The molecule has 0 atom stereocenters. The standard InChI is InChI=1S/C11H10F4O3/c1-6(2)17-10(16)18-7-3-4-9(12)8(5-7)11(13,14)15/h3-6H,1-2H3. The van der Waals surface area contributed by atoms with Gasteiger partial charge in [0.25, 0.3) is 0 Å². The Kier molecular flexibility index (Phi) is 4.15. The van der Waals surface area contributed by atoms with E-state index < -0.39 is 35.6 Å². The fraction of sp³-hybridized carbons (Fsp3) is 0.364. The third-order valence-electron chi connectivity index (χ3n) is 1.78. The largest absolute Gasteiger partial charge is 0.514 e. The molecule has 0 bridgehead atoms. The lowest BCUT2D eigenvalue weighted by Crippen LogP contribution is -2.16. The van der Waals surface area contributed by atoms with Gasteiger partial charge < -0.3 is 9.47 Å². The summed E-state index contributed by atoms with van der Waals surface area (Å²) in [5.41, 5.74) is -1.50. The van der Waals surface area contributed by atoms with Crippen molar-refractivity contribution in [2.75, 3.05) is 0 Å². The van der Waals surface area contributed by atoms with Crippen LogP contribution < -0.4 is 4.74 Å². The highest BCUT2D eigenvalue weighted by atomic mass is 19.4. The quantitative estimate of drug-likeness (QED) is 0.464. The second-order valence-electron chi connectivity index (χ2n) is 3.66. The number of halogens is 4. The average molecular weight is 266 g/mol. The number of carbonyl (C=O) groups is 1. The summed E-state index contributed by atoms with van der Waals surface area (Å²) in [4.78, 5) is 11.0. The van der Waals surface area contributed by atoms with E-state index in [2.05, 4.69) is 9.47 Å². The molecule has 0 heterocycles. The number of ether oxygens (including phenoxy) is 2. The van der Waals surface area contributed by atoms with E-state index in [0.717, 1.165) is 6.07 Å². The van der Waals surface area contributed by atoms with E-state index in [-0.39, 0.29) is 0 Å². The normalized spacial score (nSPS) is 11.5. The molecule has 0 spiro atoms. The second-order valence-corrected chi connectivity index (χ2v) is 3.66. The summed E-state index contributed by atoms with van der Waals surface area (Å²) in [5.74, 6) is -1.87. The van der Waals surface area contributed by atoms with Crippen molar-refractivity contribution in [1.29, 1.82) is 0 Å². The van der Waals surface area contributed by atoms with Crippen molar-refractivity contribution < 1.29 is 31.8 Å². The summed E-state index contributed by atoms with van der Waals surface area (Å²) in [7, 11) is 0. The molecule has 7 heteroatoms. The van der Waals surface area contributed by atoms with Gasteiger partial charge in [0, 0.05) is 0 Å². The SMILES string of the molecule is CC(C)OC(=O)Oc1ccc(F)c(C(F)(F)F)c1. The first-order valence-corrected chi connectivity index (χ1v) is 4.95. The molecule has 100 valence electrons. The molecular formula is C11H10F4O3. The molecule has 0 aliphatic rings. The molecule has 3 nitrogen and oxygen atoms in total. The van der Waals surface area contributed by atoms with E-state index in [9.17, 15) is 22.4 Å². The van der Waals surface area contributed by atoms with Gasteiger partial charge >= 0.3 is 12.3 Å². The van der Waals surface area contributed by atoms with Crippen LogP contribution in [0.3, 0.4) is 0 Å². The minimum Gasteiger partial charge on any atom is -0.431 e. The van der Waals surface area contributed by atoms with Crippen LogP contribution in [-0.2, 0) is 10.9 Å². The monoisotopic (exact) mass is 266 g/mol. The van der Waals surface area contributed by atoms with Crippen LogP contribution in [0.25, 0.3) is 0 Å². The topological polar surface area (TPSA) is 35.5 Å². The Morgan fingerprint density at radius 2 is 1.89 bits per heavy atom. The summed E-state index contributed by atoms with van der Waals surface area (Å²) >= 11 is 0. The van der Waals surface area contributed by atoms with Crippen LogP contribution >= 0.6 is 0 Å². The Balaban J connectivity index is 2.89.